The molecule has 10 nitrogen and oxygen atoms in total. The van der Waals surface area contributed by atoms with Crippen molar-refractivity contribution in [3.63, 3.8) is 0 Å². The molecule has 3 N–H and O–H groups in total. The molecule has 130 valence electrons. The van der Waals surface area contributed by atoms with Crippen LogP contribution in [-0.2, 0) is 14.3 Å². The Morgan fingerprint density at radius 3 is 2.96 bits per heavy atom. The third-order valence-electron chi connectivity index (χ3n) is 3.43. The first-order valence-electron chi connectivity index (χ1n) is 7.27. The van der Waals surface area contributed by atoms with Gasteiger partial charge >= 0.3 is 5.69 Å². The molecule has 2 heterocycles. The number of hydrogen-bond donors (Lipinski definition) is 3. The van der Waals surface area contributed by atoms with Gasteiger partial charge in [0.15, 0.2) is 6.23 Å². The smallest absolute Gasteiger partial charge is 0.351 e. The van der Waals surface area contributed by atoms with E-state index in [1.54, 1.807) is 0 Å². The molecule has 1 aliphatic rings. The van der Waals surface area contributed by atoms with Crippen LogP contribution in [0, 0.1) is 11.3 Å². The van der Waals surface area contributed by atoms with Crippen LogP contribution >= 0.6 is 0 Å². The molecule has 1 fully saturated rings. The Hall–Kier alpha value is -2.32. The van der Waals surface area contributed by atoms with Gasteiger partial charge in [-0.2, -0.15) is 10.2 Å². The minimum absolute atomic E-state index is 0.0440. The van der Waals surface area contributed by atoms with Crippen molar-refractivity contribution in [2.24, 2.45) is 0 Å². The van der Waals surface area contributed by atoms with Crippen LogP contribution in [0.15, 0.2) is 17.1 Å². The molecular formula is C14H18N4O6. The van der Waals surface area contributed by atoms with Crippen molar-refractivity contribution in [3.05, 3.63) is 22.7 Å². The first-order chi connectivity index (χ1) is 11.5. The number of aromatic nitrogens is 2. The first-order valence-corrected chi connectivity index (χ1v) is 7.27. The number of ether oxygens (including phenoxy) is 2. The van der Waals surface area contributed by atoms with E-state index < -0.39 is 36.8 Å². The van der Waals surface area contributed by atoms with E-state index in [1.165, 1.54) is 19.2 Å². The third-order valence-corrected chi connectivity index (χ3v) is 3.43. The third kappa shape index (κ3) is 3.95. The Bertz CT molecular complexity index is 685. The molecule has 1 aliphatic heterocycles. The summed E-state index contributed by atoms with van der Waals surface area (Å²) >= 11 is 0. The number of nitrogens with one attached hydrogen (secondary N) is 1. The second-order valence-electron chi connectivity index (χ2n) is 5.17. The molecule has 0 saturated carbocycles. The highest BCUT2D eigenvalue weighted by atomic mass is 16.6. The zero-order valence-corrected chi connectivity index (χ0v) is 13.0. The number of nitrogens with zero attached hydrogens (tertiary/aromatic N) is 3. The van der Waals surface area contributed by atoms with Gasteiger partial charge in [-0.05, 0) is 6.07 Å². The van der Waals surface area contributed by atoms with Gasteiger partial charge in [-0.3, -0.25) is 9.36 Å². The van der Waals surface area contributed by atoms with Crippen molar-refractivity contribution in [2.75, 3.05) is 18.5 Å². The predicted molar refractivity (Wildman–Crippen MR) is 79.8 cm³/mol. The molecule has 10 heteroatoms. The van der Waals surface area contributed by atoms with Gasteiger partial charge in [0.05, 0.1) is 25.7 Å². The minimum Gasteiger partial charge on any atom is -0.394 e. The van der Waals surface area contributed by atoms with E-state index in [0.29, 0.717) is 0 Å². The number of rotatable bonds is 6. The summed E-state index contributed by atoms with van der Waals surface area (Å²) in [6, 6.07) is 3.31. The summed E-state index contributed by atoms with van der Waals surface area (Å²) in [4.78, 5) is 26.9. The molecule has 0 unspecified atom stereocenters. The zero-order chi connectivity index (χ0) is 17.7. The van der Waals surface area contributed by atoms with E-state index in [4.69, 9.17) is 14.7 Å². The van der Waals surface area contributed by atoms with Gasteiger partial charge in [0, 0.05) is 13.1 Å². The molecule has 1 aromatic rings. The van der Waals surface area contributed by atoms with E-state index in [-0.39, 0.29) is 24.8 Å². The average Bonchev–Trinajstić information content (AvgIpc) is 2.83. The van der Waals surface area contributed by atoms with E-state index in [0.717, 1.165) is 4.57 Å². The van der Waals surface area contributed by atoms with Crippen molar-refractivity contribution in [1.82, 2.24) is 9.55 Å². The molecular weight excluding hydrogens is 320 g/mol. The SMILES string of the molecule is CC(=O)Nc1ccn([C@@H]2O[C@H](CO)[C@@H](O)[C@H]2OCCC#N)c(=O)n1. The van der Waals surface area contributed by atoms with E-state index in [9.17, 15) is 19.8 Å². The molecule has 1 aromatic heterocycles. The summed E-state index contributed by atoms with van der Waals surface area (Å²) < 4.78 is 12.0. The lowest BCUT2D eigenvalue weighted by molar-refractivity contribution is -0.114. The van der Waals surface area contributed by atoms with E-state index in [1.807, 2.05) is 6.07 Å². The van der Waals surface area contributed by atoms with Crippen LogP contribution in [0.2, 0.25) is 0 Å². The Kier molecular flexibility index (Phi) is 5.99. The van der Waals surface area contributed by atoms with Gasteiger partial charge in [-0.15, -0.1) is 0 Å². The van der Waals surface area contributed by atoms with Gasteiger partial charge in [0.1, 0.15) is 24.1 Å². The Morgan fingerprint density at radius 1 is 1.62 bits per heavy atom. The summed E-state index contributed by atoms with van der Waals surface area (Å²) in [6.45, 7) is 0.874. The molecule has 1 amide bonds. The van der Waals surface area contributed by atoms with Crippen molar-refractivity contribution < 1.29 is 24.5 Å². The number of hydrogen-bond acceptors (Lipinski definition) is 8. The topological polar surface area (TPSA) is 147 Å². The molecule has 0 aromatic carbocycles. The van der Waals surface area contributed by atoms with Crippen molar-refractivity contribution in [3.8, 4) is 6.07 Å². The highest BCUT2D eigenvalue weighted by molar-refractivity contribution is 5.87. The largest absolute Gasteiger partial charge is 0.394 e. The maximum atomic E-state index is 12.2. The average molecular weight is 338 g/mol. The molecule has 4 atom stereocenters. The van der Waals surface area contributed by atoms with Gasteiger partial charge in [-0.1, -0.05) is 0 Å². The standard InChI is InChI=1S/C14H18N4O6/c1-8(20)16-10-3-5-18(14(22)17-10)13-12(23-6-2-4-15)11(21)9(7-19)24-13/h3,5,9,11-13,19,21H,2,6-7H2,1H3,(H,16,17,20,22)/t9-,11-,12-,13-/m1/s1. The van der Waals surface area contributed by atoms with Crippen LogP contribution in [-0.4, -0.2) is 57.2 Å². The van der Waals surface area contributed by atoms with Crippen molar-refractivity contribution in [1.29, 1.82) is 5.26 Å². The van der Waals surface area contributed by atoms with Crippen LogP contribution in [0.25, 0.3) is 0 Å². The first kappa shape index (κ1) is 18.0. The van der Waals surface area contributed by atoms with Gasteiger partial charge in [0.25, 0.3) is 0 Å². The fraction of sp³-hybridized carbons (Fsp3) is 0.571. The molecule has 0 bridgehead atoms. The molecule has 2 rings (SSSR count). The Labute approximate surface area is 137 Å². The second-order valence-corrected chi connectivity index (χ2v) is 5.17. The van der Waals surface area contributed by atoms with Crippen molar-refractivity contribution in [2.45, 2.75) is 37.9 Å². The normalized spacial score (nSPS) is 26.1. The number of nitriles is 1. The Morgan fingerprint density at radius 2 is 2.38 bits per heavy atom. The summed E-state index contributed by atoms with van der Waals surface area (Å²) in [6.07, 6.45) is -2.60. The zero-order valence-electron chi connectivity index (χ0n) is 13.0. The predicted octanol–water partition coefficient (Wildman–Crippen LogP) is -1.25. The van der Waals surface area contributed by atoms with Crippen LogP contribution in [0.3, 0.4) is 0 Å². The maximum absolute atomic E-state index is 12.2. The van der Waals surface area contributed by atoms with Crippen LogP contribution in [0.4, 0.5) is 5.82 Å². The summed E-state index contributed by atoms with van der Waals surface area (Å²) in [5.74, 6) is -0.284. The fourth-order valence-electron chi connectivity index (χ4n) is 2.37. The monoisotopic (exact) mass is 338 g/mol. The Balaban J connectivity index is 2.25. The highest BCUT2D eigenvalue weighted by Gasteiger charge is 2.45. The number of carbonyl (C=O) groups excluding carboxylic acids is 1. The van der Waals surface area contributed by atoms with Crippen LogP contribution in [0.1, 0.15) is 19.6 Å². The van der Waals surface area contributed by atoms with Gasteiger partial charge in [-0.25, -0.2) is 4.79 Å². The molecule has 0 radical (unpaired) electrons. The van der Waals surface area contributed by atoms with Crippen molar-refractivity contribution >= 4 is 11.7 Å². The maximum Gasteiger partial charge on any atom is 0.351 e. The fourth-order valence-corrected chi connectivity index (χ4v) is 2.37. The number of carbonyl (C=O) groups is 1. The van der Waals surface area contributed by atoms with E-state index >= 15 is 0 Å². The van der Waals surface area contributed by atoms with E-state index in [2.05, 4.69) is 10.3 Å². The lowest BCUT2D eigenvalue weighted by Crippen LogP contribution is -2.38. The molecule has 0 spiro atoms. The molecule has 24 heavy (non-hydrogen) atoms. The van der Waals surface area contributed by atoms with Gasteiger partial charge < -0.3 is 25.0 Å². The lowest BCUT2D eigenvalue weighted by atomic mass is 10.1. The minimum atomic E-state index is -1.17. The highest BCUT2D eigenvalue weighted by Crippen LogP contribution is 2.30. The number of aliphatic hydroxyl groups is 2. The lowest BCUT2D eigenvalue weighted by Gasteiger charge is -2.21. The number of aliphatic hydroxyl groups excluding tert-OH is 2. The number of amides is 1. The second kappa shape index (κ2) is 7.98. The van der Waals surface area contributed by atoms with Gasteiger partial charge in [0.2, 0.25) is 5.91 Å². The quantitative estimate of drug-likeness (QED) is 0.545. The molecule has 0 aliphatic carbocycles. The summed E-state index contributed by atoms with van der Waals surface area (Å²) in [5, 5.41) is 30.4. The summed E-state index contributed by atoms with van der Waals surface area (Å²) in [5.41, 5.74) is -0.717. The summed E-state index contributed by atoms with van der Waals surface area (Å²) in [7, 11) is 0. The van der Waals surface area contributed by atoms with Crippen LogP contribution in [0.5, 0.6) is 0 Å². The molecule has 1 saturated heterocycles. The van der Waals surface area contributed by atoms with Crippen LogP contribution < -0.4 is 11.0 Å². The number of anilines is 1.